The highest BCUT2D eigenvalue weighted by Crippen LogP contribution is 2.35. The summed E-state index contributed by atoms with van der Waals surface area (Å²) in [4.78, 5) is 29.8. The molecule has 1 saturated carbocycles. The molecule has 1 amide bonds. The molecule has 5 rings (SSSR count). The van der Waals surface area contributed by atoms with Crippen molar-refractivity contribution in [2.45, 2.75) is 45.7 Å². The number of aromatic nitrogens is 1. The van der Waals surface area contributed by atoms with Crippen LogP contribution in [0.25, 0.3) is 16.5 Å². The molecule has 186 valence electrons. The molecule has 0 N–H and O–H groups in total. The van der Waals surface area contributed by atoms with Crippen LogP contribution in [0.3, 0.4) is 0 Å². The Morgan fingerprint density at radius 3 is 2.47 bits per heavy atom. The largest absolute Gasteiger partial charge is 0.497 e. The van der Waals surface area contributed by atoms with Crippen molar-refractivity contribution in [3.8, 4) is 11.4 Å². The van der Waals surface area contributed by atoms with Crippen LogP contribution in [0.2, 0.25) is 0 Å². The first-order valence-corrected chi connectivity index (χ1v) is 12.6. The van der Waals surface area contributed by atoms with E-state index in [4.69, 9.17) is 9.15 Å². The fraction of sp³-hybridized carbons (Fsp3) is 0.333. The number of pyridine rings is 1. The van der Waals surface area contributed by atoms with Crippen LogP contribution in [-0.2, 0) is 6.54 Å². The SMILES string of the molecule is COc1ccc(-n2cc(C(=O)N(Cc3ccco3)[C@@H]3CCC[C@H](C)[C@@H]3C)c3ccccc3c2=O)cc1. The van der Waals surface area contributed by atoms with Crippen molar-refractivity contribution < 1.29 is 13.9 Å². The maximum atomic E-state index is 14.4. The van der Waals surface area contributed by atoms with Crippen molar-refractivity contribution in [1.82, 2.24) is 9.47 Å². The molecule has 0 saturated heterocycles. The molecular formula is C30H32N2O4. The monoisotopic (exact) mass is 484 g/mol. The van der Waals surface area contributed by atoms with Crippen molar-refractivity contribution in [3.05, 3.63) is 94.8 Å². The van der Waals surface area contributed by atoms with Gasteiger partial charge in [-0.3, -0.25) is 14.2 Å². The third kappa shape index (κ3) is 4.43. The predicted octanol–water partition coefficient (Wildman–Crippen LogP) is 6.06. The van der Waals surface area contributed by atoms with Crippen LogP contribution in [0.1, 0.15) is 49.2 Å². The number of ether oxygens (including phenoxy) is 1. The number of fused-ring (bicyclic) bond motifs is 1. The number of hydrogen-bond acceptors (Lipinski definition) is 4. The number of amides is 1. The minimum atomic E-state index is -0.162. The van der Waals surface area contributed by atoms with E-state index in [1.807, 2.05) is 59.5 Å². The summed E-state index contributed by atoms with van der Waals surface area (Å²) in [5, 5.41) is 1.18. The second-order valence-corrected chi connectivity index (χ2v) is 9.81. The molecule has 0 radical (unpaired) electrons. The van der Waals surface area contributed by atoms with Gasteiger partial charge >= 0.3 is 0 Å². The molecule has 2 aromatic carbocycles. The Bertz CT molecular complexity index is 1410. The average molecular weight is 485 g/mol. The molecule has 0 aliphatic heterocycles. The number of carbonyl (C=O) groups is 1. The Hall–Kier alpha value is -3.80. The highest BCUT2D eigenvalue weighted by atomic mass is 16.5. The maximum Gasteiger partial charge on any atom is 0.262 e. The number of furan rings is 1. The van der Waals surface area contributed by atoms with Crippen molar-refractivity contribution >= 4 is 16.7 Å². The zero-order valence-corrected chi connectivity index (χ0v) is 21.0. The first kappa shape index (κ1) is 23.9. The summed E-state index contributed by atoms with van der Waals surface area (Å²) in [6.45, 7) is 4.91. The molecular weight excluding hydrogens is 452 g/mol. The first-order valence-electron chi connectivity index (χ1n) is 12.6. The second-order valence-electron chi connectivity index (χ2n) is 9.81. The van der Waals surface area contributed by atoms with Gasteiger partial charge < -0.3 is 14.1 Å². The molecule has 2 heterocycles. The zero-order chi connectivity index (χ0) is 25.2. The molecule has 3 atom stereocenters. The van der Waals surface area contributed by atoms with Gasteiger partial charge in [-0.25, -0.2) is 0 Å². The topological polar surface area (TPSA) is 64.7 Å². The van der Waals surface area contributed by atoms with Crippen LogP contribution in [0.5, 0.6) is 5.75 Å². The summed E-state index contributed by atoms with van der Waals surface area (Å²) in [7, 11) is 1.61. The van der Waals surface area contributed by atoms with Gasteiger partial charge in [0.05, 0.1) is 25.5 Å². The summed E-state index contributed by atoms with van der Waals surface area (Å²) in [5.41, 5.74) is 1.03. The van der Waals surface area contributed by atoms with Gasteiger partial charge in [0.2, 0.25) is 0 Å². The van der Waals surface area contributed by atoms with Crippen LogP contribution in [-0.4, -0.2) is 28.5 Å². The third-order valence-corrected chi connectivity index (χ3v) is 7.74. The fourth-order valence-electron chi connectivity index (χ4n) is 5.46. The van der Waals surface area contributed by atoms with E-state index in [0.717, 1.165) is 18.6 Å². The number of benzene rings is 2. The van der Waals surface area contributed by atoms with Gasteiger partial charge in [0.25, 0.3) is 11.5 Å². The van der Waals surface area contributed by atoms with E-state index < -0.39 is 0 Å². The van der Waals surface area contributed by atoms with Crippen molar-refractivity contribution in [2.75, 3.05) is 7.11 Å². The zero-order valence-electron chi connectivity index (χ0n) is 21.0. The van der Waals surface area contributed by atoms with Crippen LogP contribution in [0.15, 0.2) is 82.3 Å². The second kappa shape index (κ2) is 10.1. The van der Waals surface area contributed by atoms with Gasteiger partial charge in [0.15, 0.2) is 0 Å². The minimum absolute atomic E-state index is 0.0872. The van der Waals surface area contributed by atoms with E-state index in [2.05, 4.69) is 13.8 Å². The van der Waals surface area contributed by atoms with Crippen LogP contribution < -0.4 is 10.3 Å². The van der Waals surface area contributed by atoms with E-state index in [0.29, 0.717) is 46.2 Å². The van der Waals surface area contributed by atoms with E-state index in [9.17, 15) is 9.59 Å². The number of nitrogens with zero attached hydrogens (tertiary/aromatic N) is 2. The predicted molar refractivity (Wildman–Crippen MR) is 141 cm³/mol. The highest BCUT2D eigenvalue weighted by Gasteiger charge is 2.35. The first-order chi connectivity index (χ1) is 17.5. The van der Waals surface area contributed by atoms with E-state index in [1.165, 1.54) is 6.42 Å². The summed E-state index contributed by atoms with van der Waals surface area (Å²) >= 11 is 0. The Morgan fingerprint density at radius 1 is 1.03 bits per heavy atom. The van der Waals surface area contributed by atoms with E-state index in [1.54, 1.807) is 30.2 Å². The molecule has 0 unspecified atom stereocenters. The highest BCUT2D eigenvalue weighted by molar-refractivity contribution is 6.06. The summed E-state index contributed by atoms with van der Waals surface area (Å²) in [5.74, 6) is 2.25. The summed E-state index contributed by atoms with van der Waals surface area (Å²) < 4.78 is 12.5. The number of hydrogen-bond donors (Lipinski definition) is 0. The van der Waals surface area contributed by atoms with Crippen LogP contribution >= 0.6 is 0 Å². The van der Waals surface area contributed by atoms with Crippen LogP contribution in [0, 0.1) is 11.8 Å². The Labute approximate surface area is 211 Å². The number of methoxy groups -OCH3 is 1. The number of rotatable bonds is 6. The van der Waals surface area contributed by atoms with Gasteiger partial charge in [-0.15, -0.1) is 0 Å². The normalized spacial score (nSPS) is 19.8. The van der Waals surface area contributed by atoms with Crippen molar-refractivity contribution in [1.29, 1.82) is 0 Å². The van der Waals surface area contributed by atoms with E-state index in [-0.39, 0.29) is 17.5 Å². The van der Waals surface area contributed by atoms with Gasteiger partial charge in [-0.05, 0) is 60.7 Å². The fourth-order valence-corrected chi connectivity index (χ4v) is 5.46. The summed E-state index contributed by atoms with van der Waals surface area (Å²) in [6, 6.07) is 18.5. The molecule has 1 aliphatic rings. The lowest BCUT2D eigenvalue weighted by Gasteiger charge is -2.41. The summed E-state index contributed by atoms with van der Waals surface area (Å²) in [6.07, 6.45) is 6.55. The van der Waals surface area contributed by atoms with Crippen molar-refractivity contribution in [3.63, 3.8) is 0 Å². The smallest absolute Gasteiger partial charge is 0.262 e. The van der Waals surface area contributed by atoms with Crippen LogP contribution in [0.4, 0.5) is 0 Å². The molecule has 6 nitrogen and oxygen atoms in total. The average Bonchev–Trinajstić information content (AvgIpc) is 3.43. The standard InChI is InChI=1S/C30H32N2O4/c1-20-8-6-12-28(21(20)2)32(18-24-9-7-17-36-24)30(34)27-19-31(22-13-15-23(35-3)16-14-22)29(33)26-11-5-4-10-25(26)27/h4-5,7,9-11,13-17,19-21,28H,6,8,12,18H2,1-3H3/t20-,21-,28+/m0/s1. The molecule has 2 aromatic heterocycles. The molecule has 6 heteroatoms. The molecule has 4 aromatic rings. The van der Waals surface area contributed by atoms with Crippen molar-refractivity contribution in [2.24, 2.45) is 11.8 Å². The van der Waals surface area contributed by atoms with E-state index >= 15 is 0 Å². The Kier molecular flexibility index (Phi) is 6.68. The minimum Gasteiger partial charge on any atom is -0.497 e. The molecule has 36 heavy (non-hydrogen) atoms. The van der Waals surface area contributed by atoms with Gasteiger partial charge in [-0.2, -0.15) is 0 Å². The lowest BCUT2D eigenvalue weighted by atomic mass is 9.77. The van der Waals surface area contributed by atoms with Gasteiger partial charge in [0.1, 0.15) is 11.5 Å². The lowest BCUT2D eigenvalue weighted by Crippen LogP contribution is -2.47. The van der Waals surface area contributed by atoms with Gasteiger partial charge in [-0.1, -0.05) is 44.9 Å². The maximum absolute atomic E-state index is 14.4. The number of carbonyl (C=O) groups excluding carboxylic acids is 1. The lowest BCUT2D eigenvalue weighted by molar-refractivity contribution is 0.0428. The molecule has 1 fully saturated rings. The van der Waals surface area contributed by atoms with Gasteiger partial charge in [0, 0.05) is 28.7 Å². The molecule has 0 spiro atoms. The molecule has 0 bridgehead atoms. The quantitative estimate of drug-likeness (QED) is 0.334. The third-order valence-electron chi connectivity index (χ3n) is 7.74. The Balaban J connectivity index is 1.65. The Morgan fingerprint density at radius 2 is 1.78 bits per heavy atom. The molecule has 1 aliphatic carbocycles.